The molecule has 130 valence electrons. The van der Waals surface area contributed by atoms with Crippen molar-refractivity contribution in [3.8, 4) is 23.1 Å². The van der Waals surface area contributed by atoms with E-state index in [0.29, 0.717) is 23.2 Å². The van der Waals surface area contributed by atoms with E-state index in [9.17, 15) is 10.1 Å². The Bertz CT molecular complexity index is 977. The number of nitriles is 1. The van der Waals surface area contributed by atoms with Crippen LogP contribution in [-0.4, -0.2) is 22.3 Å². The van der Waals surface area contributed by atoms with Crippen LogP contribution >= 0.6 is 11.8 Å². The number of H-pyrrole nitrogens is 1. The molecule has 0 amide bonds. The molecule has 1 heterocycles. The van der Waals surface area contributed by atoms with Gasteiger partial charge in [0.2, 0.25) is 0 Å². The first kappa shape index (κ1) is 17.8. The van der Waals surface area contributed by atoms with Gasteiger partial charge in [0.25, 0.3) is 5.56 Å². The van der Waals surface area contributed by atoms with E-state index in [1.54, 1.807) is 0 Å². The molecule has 6 heteroatoms. The molecule has 0 unspecified atom stereocenters. The van der Waals surface area contributed by atoms with Crippen LogP contribution in [0.3, 0.4) is 0 Å². The maximum absolute atomic E-state index is 12.2. The molecule has 0 aliphatic heterocycles. The van der Waals surface area contributed by atoms with Gasteiger partial charge in [-0.25, -0.2) is 4.98 Å². The Morgan fingerprint density at radius 3 is 2.58 bits per heavy atom. The van der Waals surface area contributed by atoms with E-state index in [2.05, 4.69) is 9.97 Å². The number of thioether (sulfide) groups is 1. The highest BCUT2D eigenvalue weighted by molar-refractivity contribution is 7.99. The highest BCUT2D eigenvalue weighted by Gasteiger charge is 2.13. The number of nitrogens with zero attached hydrogens (tertiary/aromatic N) is 2. The van der Waals surface area contributed by atoms with Crippen LogP contribution in [0.5, 0.6) is 5.75 Å². The number of benzene rings is 2. The lowest BCUT2D eigenvalue weighted by Gasteiger charge is -2.08. The summed E-state index contributed by atoms with van der Waals surface area (Å²) in [5.74, 6) is 1.42. The molecule has 0 atom stereocenters. The minimum absolute atomic E-state index is 0.0266. The van der Waals surface area contributed by atoms with Crippen molar-refractivity contribution in [3.05, 3.63) is 76.1 Å². The van der Waals surface area contributed by atoms with E-state index >= 15 is 0 Å². The van der Waals surface area contributed by atoms with Gasteiger partial charge in [0, 0.05) is 11.3 Å². The molecule has 26 heavy (non-hydrogen) atoms. The second-order valence-electron chi connectivity index (χ2n) is 5.58. The lowest BCUT2D eigenvalue weighted by atomic mass is 10.1. The molecule has 1 aromatic heterocycles. The largest absolute Gasteiger partial charge is 0.493 e. The number of nitrogens with one attached hydrogen (secondary N) is 1. The third-order valence-corrected chi connectivity index (χ3v) is 4.51. The molecule has 0 bridgehead atoms. The summed E-state index contributed by atoms with van der Waals surface area (Å²) in [6.45, 7) is 2.46. The number of para-hydroxylation sites is 1. The van der Waals surface area contributed by atoms with Gasteiger partial charge in [-0.1, -0.05) is 59.8 Å². The normalized spacial score (nSPS) is 10.3. The maximum Gasteiger partial charge on any atom is 0.270 e. The van der Waals surface area contributed by atoms with Gasteiger partial charge in [0.1, 0.15) is 17.4 Å². The standard InChI is InChI=1S/C20H17N3O2S/c1-14-7-9-15(10-8-14)18-17(13-21)19(24)23-20(22-18)26-12-11-25-16-5-3-2-4-6-16/h2-10H,11-12H2,1H3,(H,22,23,24). The zero-order valence-electron chi connectivity index (χ0n) is 14.2. The van der Waals surface area contributed by atoms with E-state index in [-0.39, 0.29) is 5.56 Å². The monoisotopic (exact) mass is 363 g/mol. The van der Waals surface area contributed by atoms with Crippen LogP contribution in [-0.2, 0) is 0 Å². The van der Waals surface area contributed by atoms with Crippen molar-refractivity contribution < 1.29 is 4.74 Å². The predicted molar refractivity (Wildman–Crippen MR) is 102 cm³/mol. The number of aromatic amines is 1. The molecule has 0 saturated carbocycles. The van der Waals surface area contributed by atoms with E-state index < -0.39 is 5.56 Å². The summed E-state index contributed by atoms with van der Waals surface area (Å²) in [4.78, 5) is 19.4. The van der Waals surface area contributed by atoms with Crippen molar-refractivity contribution >= 4 is 11.8 Å². The molecular weight excluding hydrogens is 346 g/mol. The zero-order valence-corrected chi connectivity index (χ0v) is 15.0. The number of aryl methyl sites for hydroxylation is 1. The summed E-state index contributed by atoms with van der Waals surface area (Å²) >= 11 is 1.38. The fourth-order valence-corrected chi connectivity index (χ4v) is 3.04. The van der Waals surface area contributed by atoms with Crippen LogP contribution in [0.2, 0.25) is 0 Å². The molecule has 5 nitrogen and oxygen atoms in total. The van der Waals surface area contributed by atoms with Gasteiger partial charge in [-0.2, -0.15) is 5.26 Å². The Balaban J connectivity index is 1.75. The Morgan fingerprint density at radius 1 is 1.15 bits per heavy atom. The molecule has 3 aromatic rings. The zero-order chi connectivity index (χ0) is 18.4. The van der Waals surface area contributed by atoms with Gasteiger partial charge >= 0.3 is 0 Å². The van der Waals surface area contributed by atoms with Gasteiger partial charge in [0.05, 0.1) is 12.3 Å². The molecule has 0 radical (unpaired) electrons. The number of hydrogen-bond acceptors (Lipinski definition) is 5. The van der Waals surface area contributed by atoms with Crippen LogP contribution in [0, 0.1) is 18.3 Å². The Morgan fingerprint density at radius 2 is 1.88 bits per heavy atom. The third-order valence-electron chi connectivity index (χ3n) is 3.67. The number of rotatable bonds is 6. The minimum atomic E-state index is -0.426. The fraction of sp³-hybridized carbons (Fsp3) is 0.150. The van der Waals surface area contributed by atoms with Gasteiger partial charge in [0.15, 0.2) is 5.16 Å². The maximum atomic E-state index is 12.2. The Hall–Kier alpha value is -3.04. The molecular formula is C20H17N3O2S. The molecule has 1 N–H and O–H groups in total. The molecule has 0 spiro atoms. The van der Waals surface area contributed by atoms with Crippen LogP contribution in [0.25, 0.3) is 11.3 Å². The highest BCUT2D eigenvalue weighted by atomic mass is 32.2. The van der Waals surface area contributed by atoms with E-state index in [1.165, 1.54) is 11.8 Å². The Labute approximate surface area is 155 Å². The van der Waals surface area contributed by atoms with Gasteiger partial charge in [-0.15, -0.1) is 0 Å². The fourth-order valence-electron chi connectivity index (χ4n) is 2.36. The first-order valence-electron chi connectivity index (χ1n) is 8.09. The second kappa shape index (κ2) is 8.37. The quantitative estimate of drug-likeness (QED) is 0.409. The lowest BCUT2D eigenvalue weighted by molar-refractivity contribution is 0.344. The van der Waals surface area contributed by atoms with E-state index in [4.69, 9.17) is 4.74 Å². The highest BCUT2D eigenvalue weighted by Crippen LogP contribution is 2.22. The second-order valence-corrected chi connectivity index (χ2v) is 6.67. The van der Waals surface area contributed by atoms with Crippen molar-refractivity contribution in [1.29, 1.82) is 5.26 Å². The summed E-state index contributed by atoms with van der Waals surface area (Å²) < 4.78 is 5.64. The lowest BCUT2D eigenvalue weighted by Crippen LogP contribution is -2.15. The topological polar surface area (TPSA) is 78.8 Å². The SMILES string of the molecule is Cc1ccc(-c2nc(SCCOc3ccccc3)[nH]c(=O)c2C#N)cc1. The van der Waals surface area contributed by atoms with E-state index in [0.717, 1.165) is 16.9 Å². The average Bonchev–Trinajstić information content (AvgIpc) is 2.66. The van der Waals surface area contributed by atoms with Gasteiger partial charge < -0.3 is 9.72 Å². The Kier molecular flexibility index (Phi) is 5.72. The van der Waals surface area contributed by atoms with Crippen LogP contribution in [0.4, 0.5) is 0 Å². The number of ether oxygens (including phenoxy) is 1. The van der Waals surface area contributed by atoms with Crippen molar-refractivity contribution in [2.24, 2.45) is 0 Å². The summed E-state index contributed by atoms with van der Waals surface area (Å²) in [7, 11) is 0. The first-order chi connectivity index (χ1) is 12.7. The molecule has 0 saturated heterocycles. The van der Waals surface area contributed by atoms with E-state index in [1.807, 2.05) is 67.6 Å². The van der Waals surface area contributed by atoms with Crippen LogP contribution in [0.1, 0.15) is 11.1 Å². The number of aromatic nitrogens is 2. The minimum Gasteiger partial charge on any atom is -0.493 e. The molecule has 0 fully saturated rings. The van der Waals surface area contributed by atoms with Gasteiger partial charge in [-0.05, 0) is 19.1 Å². The summed E-state index contributed by atoms with van der Waals surface area (Å²) in [6.07, 6.45) is 0. The molecule has 0 aliphatic carbocycles. The summed E-state index contributed by atoms with van der Waals surface area (Å²) in [5, 5.41) is 9.78. The summed E-state index contributed by atoms with van der Waals surface area (Å²) in [6, 6.07) is 19.1. The van der Waals surface area contributed by atoms with Crippen molar-refractivity contribution in [1.82, 2.24) is 9.97 Å². The third kappa shape index (κ3) is 4.32. The smallest absolute Gasteiger partial charge is 0.270 e. The molecule has 3 rings (SSSR count). The number of hydrogen-bond donors (Lipinski definition) is 1. The van der Waals surface area contributed by atoms with Crippen LogP contribution in [0.15, 0.2) is 64.5 Å². The van der Waals surface area contributed by atoms with Gasteiger partial charge in [-0.3, -0.25) is 4.79 Å². The average molecular weight is 363 g/mol. The summed E-state index contributed by atoms with van der Waals surface area (Å²) in [5.41, 5.74) is 1.86. The molecule has 0 aliphatic rings. The van der Waals surface area contributed by atoms with Crippen molar-refractivity contribution in [2.45, 2.75) is 12.1 Å². The predicted octanol–water partition coefficient (Wildman–Crippen LogP) is 3.79. The first-order valence-corrected chi connectivity index (χ1v) is 9.08. The van der Waals surface area contributed by atoms with Crippen molar-refractivity contribution in [3.63, 3.8) is 0 Å². The molecule has 2 aromatic carbocycles. The van der Waals surface area contributed by atoms with Crippen molar-refractivity contribution in [2.75, 3.05) is 12.4 Å². The van der Waals surface area contributed by atoms with Crippen LogP contribution < -0.4 is 10.3 Å².